The van der Waals surface area contributed by atoms with Gasteiger partial charge in [0.25, 0.3) is 11.6 Å². The Labute approximate surface area is 78.8 Å². The molecule has 0 fully saturated rings. The molecule has 1 aromatic carbocycles. The van der Waals surface area contributed by atoms with Gasteiger partial charge < -0.3 is 5.73 Å². The summed E-state index contributed by atoms with van der Waals surface area (Å²) in [6, 6.07) is 3.56. The Morgan fingerprint density at radius 1 is 1.43 bits per heavy atom. The van der Waals surface area contributed by atoms with Crippen LogP contribution in [0.1, 0.15) is 10.4 Å². The molecule has 1 aromatic rings. The molecule has 0 unspecified atom stereocenters. The molecule has 0 saturated heterocycles. The number of nitrogens with two attached hydrogens (primary N) is 2. The van der Waals surface area contributed by atoms with E-state index in [4.69, 9.17) is 11.6 Å². The van der Waals surface area contributed by atoms with Gasteiger partial charge in [0.2, 0.25) is 0 Å². The molecule has 0 radical (unpaired) electrons. The topological polar surface area (TPSA) is 124 Å². The molecular formula is C7H8N4O3. The molecule has 0 aliphatic carbocycles. The second-order valence-corrected chi connectivity index (χ2v) is 2.54. The molecule has 0 bridgehead atoms. The summed E-state index contributed by atoms with van der Waals surface area (Å²) in [7, 11) is 0. The van der Waals surface area contributed by atoms with Gasteiger partial charge in [0, 0.05) is 23.4 Å². The molecule has 14 heavy (non-hydrogen) atoms. The lowest BCUT2D eigenvalue weighted by Gasteiger charge is -2.00. The van der Waals surface area contributed by atoms with E-state index >= 15 is 0 Å². The first-order chi connectivity index (χ1) is 6.54. The summed E-state index contributed by atoms with van der Waals surface area (Å²) in [5.41, 5.74) is 7.17. The zero-order valence-electron chi connectivity index (χ0n) is 7.06. The fraction of sp³-hybridized carbons (Fsp3) is 0. The summed E-state index contributed by atoms with van der Waals surface area (Å²) in [4.78, 5) is 20.8. The van der Waals surface area contributed by atoms with E-state index in [-0.39, 0.29) is 16.9 Å². The normalized spacial score (nSPS) is 9.50. The van der Waals surface area contributed by atoms with E-state index in [1.54, 1.807) is 0 Å². The van der Waals surface area contributed by atoms with Gasteiger partial charge in [-0.1, -0.05) is 0 Å². The lowest BCUT2D eigenvalue weighted by atomic mass is 10.1. The summed E-state index contributed by atoms with van der Waals surface area (Å²) in [6.07, 6.45) is 0. The molecule has 0 heterocycles. The molecule has 7 nitrogen and oxygen atoms in total. The quantitative estimate of drug-likeness (QED) is 0.198. The molecule has 0 atom stereocenters. The van der Waals surface area contributed by atoms with E-state index in [9.17, 15) is 14.9 Å². The zero-order valence-corrected chi connectivity index (χ0v) is 7.06. The number of carbonyl (C=O) groups is 1. The van der Waals surface area contributed by atoms with Crippen LogP contribution in [0.15, 0.2) is 18.2 Å². The third-order valence-corrected chi connectivity index (χ3v) is 1.54. The Morgan fingerprint density at radius 3 is 2.57 bits per heavy atom. The molecule has 0 aliphatic rings. The highest BCUT2D eigenvalue weighted by Gasteiger charge is 2.12. The summed E-state index contributed by atoms with van der Waals surface area (Å²) in [5.74, 6) is 4.25. The van der Waals surface area contributed by atoms with E-state index in [1.165, 1.54) is 6.07 Å². The highest BCUT2D eigenvalue weighted by Crippen LogP contribution is 2.18. The third kappa shape index (κ3) is 1.96. The van der Waals surface area contributed by atoms with Crippen LogP contribution >= 0.6 is 0 Å². The maximum Gasteiger partial charge on any atom is 0.272 e. The lowest BCUT2D eigenvalue weighted by Crippen LogP contribution is -2.30. The highest BCUT2D eigenvalue weighted by atomic mass is 16.6. The Bertz CT molecular complexity index is 391. The van der Waals surface area contributed by atoms with E-state index in [1.807, 2.05) is 5.43 Å². The SMILES string of the molecule is NNC(=O)c1cc(N)cc([N+](=O)[O-])c1. The van der Waals surface area contributed by atoms with Crippen molar-refractivity contribution < 1.29 is 9.72 Å². The lowest BCUT2D eigenvalue weighted by molar-refractivity contribution is -0.384. The number of nitrogen functional groups attached to an aromatic ring is 2. The van der Waals surface area contributed by atoms with Gasteiger partial charge in [-0.05, 0) is 6.07 Å². The number of anilines is 1. The summed E-state index contributed by atoms with van der Waals surface area (Å²) >= 11 is 0. The minimum atomic E-state index is -0.635. The van der Waals surface area contributed by atoms with Crippen molar-refractivity contribution in [2.45, 2.75) is 0 Å². The second-order valence-electron chi connectivity index (χ2n) is 2.54. The number of hydrogen-bond donors (Lipinski definition) is 3. The number of nitrogens with zero attached hydrogens (tertiary/aromatic N) is 1. The zero-order chi connectivity index (χ0) is 10.7. The number of rotatable bonds is 2. The Morgan fingerprint density at radius 2 is 2.07 bits per heavy atom. The molecule has 0 aromatic heterocycles. The molecule has 0 saturated carbocycles. The van der Waals surface area contributed by atoms with Crippen LogP contribution in [0.25, 0.3) is 0 Å². The minimum absolute atomic E-state index is 0.0548. The second kappa shape index (κ2) is 3.71. The summed E-state index contributed by atoms with van der Waals surface area (Å²) in [6.45, 7) is 0. The average molecular weight is 196 g/mol. The van der Waals surface area contributed by atoms with Crippen LogP contribution < -0.4 is 17.0 Å². The van der Waals surface area contributed by atoms with Crippen molar-refractivity contribution >= 4 is 17.3 Å². The van der Waals surface area contributed by atoms with Crippen molar-refractivity contribution in [1.29, 1.82) is 0 Å². The number of benzene rings is 1. The number of nitrogens with one attached hydrogen (secondary N) is 1. The summed E-state index contributed by atoms with van der Waals surface area (Å²) < 4.78 is 0. The van der Waals surface area contributed by atoms with Crippen molar-refractivity contribution in [3.05, 3.63) is 33.9 Å². The van der Waals surface area contributed by atoms with Gasteiger partial charge in [0.05, 0.1) is 4.92 Å². The van der Waals surface area contributed by atoms with Gasteiger partial charge in [0.1, 0.15) is 0 Å². The predicted octanol–water partition coefficient (Wildman–Crippen LogP) is -0.219. The monoisotopic (exact) mass is 196 g/mol. The molecule has 74 valence electrons. The average Bonchev–Trinajstić information content (AvgIpc) is 2.15. The predicted molar refractivity (Wildman–Crippen MR) is 49.2 cm³/mol. The Hall–Kier alpha value is -2.15. The van der Waals surface area contributed by atoms with Crippen LogP contribution in [0.5, 0.6) is 0 Å². The van der Waals surface area contributed by atoms with Crippen LogP contribution in [0.4, 0.5) is 11.4 Å². The number of nitro groups is 1. The number of amides is 1. The van der Waals surface area contributed by atoms with E-state index in [2.05, 4.69) is 0 Å². The smallest absolute Gasteiger partial charge is 0.272 e. The molecular weight excluding hydrogens is 188 g/mol. The molecule has 1 rings (SSSR count). The fourth-order valence-electron chi connectivity index (χ4n) is 0.954. The van der Waals surface area contributed by atoms with E-state index in [0.717, 1.165) is 12.1 Å². The number of hydrazine groups is 1. The van der Waals surface area contributed by atoms with Gasteiger partial charge in [-0.3, -0.25) is 20.3 Å². The summed E-state index contributed by atoms with van der Waals surface area (Å²) in [5, 5.41) is 10.4. The van der Waals surface area contributed by atoms with Gasteiger partial charge in [0.15, 0.2) is 0 Å². The maximum absolute atomic E-state index is 11.0. The number of carbonyl (C=O) groups excluding carboxylic acids is 1. The van der Waals surface area contributed by atoms with Gasteiger partial charge >= 0.3 is 0 Å². The van der Waals surface area contributed by atoms with Crippen LogP contribution in [0.3, 0.4) is 0 Å². The first-order valence-corrected chi connectivity index (χ1v) is 3.60. The van der Waals surface area contributed by atoms with Gasteiger partial charge in [-0.25, -0.2) is 5.84 Å². The number of hydrogen-bond acceptors (Lipinski definition) is 5. The highest BCUT2D eigenvalue weighted by molar-refractivity contribution is 5.95. The standard InChI is InChI=1S/C7H8N4O3/c8-5-1-4(7(12)10-9)2-6(3-5)11(13)14/h1-3H,8-9H2,(H,10,12). The van der Waals surface area contributed by atoms with Crippen LogP contribution in [0.2, 0.25) is 0 Å². The molecule has 7 heteroatoms. The van der Waals surface area contributed by atoms with Gasteiger partial charge in [-0.15, -0.1) is 0 Å². The first kappa shape index (κ1) is 9.93. The van der Waals surface area contributed by atoms with Crippen molar-refractivity contribution in [1.82, 2.24) is 5.43 Å². The first-order valence-electron chi connectivity index (χ1n) is 3.60. The van der Waals surface area contributed by atoms with E-state index < -0.39 is 10.8 Å². The molecule has 0 spiro atoms. The molecule has 0 aliphatic heterocycles. The van der Waals surface area contributed by atoms with Crippen molar-refractivity contribution in [3.63, 3.8) is 0 Å². The van der Waals surface area contributed by atoms with Crippen LogP contribution in [-0.4, -0.2) is 10.8 Å². The van der Waals surface area contributed by atoms with E-state index in [0.29, 0.717) is 0 Å². The Balaban J connectivity index is 3.20. The third-order valence-electron chi connectivity index (χ3n) is 1.54. The van der Waals surface area contributed by atoms with Crippen molar-refractivity contribution in [3.8, 4) is 0 Å². The van der Waals surface area contributed by atoms with Crippen molar-refractivity contribution in [2.75, 3.05) is 5.73 Å². The van der Waals surface area contributed by atoms with Crippen molar-refractivity contribution in [2.24, 2.45) is 5.84 Å². The molecule has 5 N–H and O–H groups in total. The minimum Gasteiger partial charge on any atom is -0.399 e. The Kier molecular flexibility index (Phi) is 2.63. The number of nitro benzene ring substituents is 1. The number of non-ortho nitro benzene ring substituents is 1. The van der Waals surface area contributed by atoms with Crippen LogP contribution in [0, 0.1) is 10.1 Å². The van der Waals surface area contributed by atoms with Crippen LogP contribution in [-0.2, 0) is 0 Å². The van der Waals surface area contributed by atoms with Gasteiger partial charge in [-0.2, -0.15) is 0 Å². The largest absolute Gasteiger partial charge is 0.399 e. The maximum atomic E-state index is 11.0. The fourth-order valence-corrected chi connectivity index (χ4v) is 0.954. The molecule has 1 amide bonds.